The number of imide groups is 1. The number of rotatable bonds is 1. The van der Waals surface area contributed by atoms with Gasteiger partial charge in [-0.3, -0.25) is 14.5 Å². The molecular formula is C16H17NO2. The number of nitrogens with zero attached hydrogens (tertiary/aromatic N) is 1. The van der Waals surface area contributed by atoms with Crippen molar-refractivity contribution in [2.24, 2.45) is 5.92 Å². The van der Waals surface area contributed by atoms with Crippen molar-refractivity contribution in [2.75, 3.05) is 0 Å². The van der Waals surface area contributed by atoms with Gasteiger partial charge in [0, 0.05) is 12.2 Å². The molecule has 1 aliphatic heterocycles. The van der Waals surface area contributed by atoms with Crippen LogP contribution in [0.1, 0.15) is 42.5 Å². The Hall–Kier alpha value is -1.90. The summed E-state index contributed by atoms with van der Waals surface area (Å²) in [5, 5.41) is 0. The molecule has 3 atom stereocenters. The van der Waals surface area contributed by atoms with E-state index in [0.717, 1.165) is 5.56 Å². The van der Waals surface area contributed by atoms with Gasteiger partial charge in [-0.1, -0.05) is 37.6 Å². The Bertz CT molecular complexity index is 585. The van der Waals surface area contributed by atoms with Crippen LogP contribution in [0, 0.1) is 12.8 Å². The lowest BCUT2D eigenvalue weighted by atomic mass is 9.93. The van der Waals surface area contributed by atoms with Gasteiger partial charge in [0.25, 0.3) is 11.8 Å². The first-order valence-electron chi connectivity index (χ1n) is 6.66. The van der Waals surface area contributed by atoms with E-state index in [0.29, 0.717) is 5.92 Å². The second kappa shape index (κ2) is 4.05. The molecule has 2 aliphatic rings. The van der Waals surface area contributed by atoms with Crippen LogP contribution in [0.4, 0.5) is 0 Å². The van der Waals surface area contributed by atoms with E-state index in [2.05, 4.69) is 39.0 Å². The molecule has 0 saturated heterocycles. The summed E-state index contributed by atoms with van der Waals surface area (Å²) in [7, 11) is 0. The Morgan fingerprint density at radius 3 is 2.26 bits per heavy atom. The van der Waals surface area contributed by atoms with Crippen LogP contribution in [0.5, 0.6) is 0 Å². The topological polar surface area (TPSA) is 37.4 Å². The summed E-state index contributed by atoms with van der Waals surface area (Å²) >= 11 is 0. The van der Waals surface area contributed by atoms with Gasteiger partial charge in [-0.15, -0.1) is 0 Å². The molecule has 0 radical (unpaired) electrons. The average molecular weight is 255 g/mol. The number of aryl methyl sites for hydroxylation is 1. The Morgan fingerprint density at radius 1 is 1.00 bits per heavy atom. The van der Waals surface area contributed by atoms with Gasteiger partial charge in [0.1, 0.15) is 0 Å². The maximum atomic E-state index is 11.9. The van der Waals surface area contributed by atoms with Crippen LogP contribution in [-0.4, -0.2) is 16.7 Å². The molecule has 0 spiro atoms. The van der Waals surface area contributed by atoms with Crippen molar-refractivity contribution in [3.8, 4) is 0 Å². The van der Waals surface area contributed by atoms with Crippen molar-refractivity contribution >= 4 is 11.8 Å². The number of benzene rings is 1. The second-order valence-corrected chi connectivity index (χ2v) is 5.60. The first-order valence-corrected chi connectivity index (χ1v) is 6.66. The van der Waals surface area contributed by atoms with Crippen LogP contribution in [0.2, 0.25) is 0 Å². The zero-order valence-electron chi connectivity index (χ0n) is 11.4. The zero-order chi connectivity index (χ0) is 13.7. The van der Waals surface area contributed by atoms with Crippen LogP contribution < -0.4 is 0 Å². The normalized spacial score (nSPS) is 29.2. The van der Waals surface area contributed by atoms with E-state index in [1.807, 2.05) is 0 Å². The van der Waals surface area contributed by atoms with Gasteiger partial charge in [-0.05, 0) is 29.9 Å². The van der Waals surface area contributed by atoms with E-state index in [4.69, 9.17) is 0 Å². The molecule has 3 nitrogen and oxygen atoms in total. The SMILES string of the molecule is Cc1ccc2c(c1)[C@@H](C)[C@H](C)[C@@H]2N1C(=O)C=CC1=O. The van der Waals surface area contributed by atoms with Crippen LogP contribution >= 0.6 is 0 Å². The summed E-state index contributed by atoms with van der Waals surface area (Å²) in [4.78, 5) is 25.2. The summed E-state index contributed by atoms with van der Waals surface area (Å²) in [5.74, 6) is 0.232. The molecule has 1 aliphatic carbocycles. The molecule has 1 heterocycles. The fourth-order valence-corrected chi connectivity index (χ4v) is 3.26. The molecule has 3 heteroatoms. The summed E-state index contributed by atoms with van der Waals surface area (Å²) in [6.45, 7) is 6.35. The molecule has 2 amide bonds. The third kappa shape index (κ3) is 1.65. The molecule has 0 saturated carbocycles. The minimum Gasteiger partial charge on any atom is -0.269 e. The van der Waals surface area contributed by atoms with Crippen LogP contribution in [0.15, 0.2) is 30.4 Å². The lowest BCUT2D eigenvalue weighted by Gasteiger charge is -2.27. The molecule has 0 N–H and O–H groups in total. The molecule has 98 valence electrons. The Morgan fingerprint density at radius 2 is 1.63 bits per heavy atom. The maximum Gasteiger partial charge on any atom is 0.254 e. The van der Waals surface area contributed by atoms with E-state index in [-0.39, 0.29) is 23.8 Å². The number of carbonyl (C=O) groups excluding carboxylic acids is 2. The molecular weight excluding hydrogens is 238 g/mol. The smallest absolute Gasteiger partial charge is 0.254 e. The third-order valence-corrected chi connectivity index (χ3v) is 4.46. The molecule has 19 heavy (non-hydrogen) atoms. The molecule has 1 aromatic rings. The summed E-state index contributed by atoms with van der Waals surface area (Å²) < 4.78 is 0. The van der Waals surface area contributed by atoms with Crippen LogP contribution in [-0.2, 0) is 9.59 Å². The average Bonchev–Trinajstić information content (AvgIpc) is 2.81. The van der Waals surface area contributed by atoms with Crippen LogP contribution in [0.3, 0.4) is 0 Å². The fourth-order valence-electron chi connectivity index (χ4n) is 3.26. The van der Waals surface area contributed by atoms with Crippen molar-refractivity contribution in [1.29, 1.82) is 0 Å². The minimum atomic E-state index is -0.192. The van der Waals surface area contributed by atoms with Gasteiger partial charge in [0.2, 0.25) is 0 Å². The first-order chi connectivity index (χ1) is 9.00. The number of hydrogen-bond acceptors (Lipinski definition) is 2. The van der Waals surface area contributed by atoms with E-state index in [1.54, 1.807) is 0 Å². The lowest BCUT2D eigenvalue weighted by molar-refractivity contribution is -0.140. The molecule has 0 aromatic heterocycles. The number of hydrogen-bond donors (Lipinski definition) is 0. The molecule has 0 bridgehead atoms. The Labute approximate surface area is 112 Å². The number of amides is 2. The maximum absolute atomic E-state index is 11.9. The van der Waals surface area contributed by atoms with Crippen molar-refractivity contribution in [3.63, 3.8) is 0 Å². The molecule has 0 fully saturated rings. The summed E-state index contributed by atoms with van der Waals surface area (Å²) in [6.07, 6.45) is 2.73. The molecule has 1 aromatic carbocycles. The van der Waals surface area contributed by atoms with Gasteiger partial charge in [0.05, 0.1) is 6.04 Å². The van der Waals surface area contributed by atoms with E-state index in [9.17, 15) is 9.59 Å². The summed E-state index contributed by atoms with van der Waals surface area (Å²) in [5.41, 5.74) is 3.61. The highest BCUT2D eigenvalue weighted by molar-refractivity contribution is 6.13. The quantitative estimate of drug-likeness (QED) is 0.723. The highest BCUT2D eigenvalue weighted by Crippen LogP contribution is 2.48. The van der Waals surface area contributed by atoms with Gasteiger partial charge in [-0.25, -0.2) is 0 Å². The monoisotopic (exact) mass is 255 g/mol. The highest BCUT2D eigenvalue weighted by atomic mass is 16.2. The zero-order valence-corrected chi connectivity index (χ0v) is 11.4. The van der Waals surface area contributed by atoms with Crippen molar-refractivity contribution in [1.82, 2.24) is 4.90 Å². The van der Waals surface area contributed by atoms with Gasteiger partial charge in [0.15, 0.2) is 0 Å². The molecule has 3 rings (SSSR count). The van der Waals surface area contributed by atoms with Crippen molar-refractivity contribution in [2.45, 2.75) is 32.7 Å². The third-order valence-electron chi connectivity index (χ3n) is 4.46. The predicted octanol–water partition coefficient (Wildman–Crippen LogP) is 2.71. The lowest BCUT2D eigenvalue weighted by Crippen LogP contribution is -2.36. The summed E-state index contributed by atoms with van der Waals surface area (Å²) in [6, 6.07) is 6.17. The van der Waals surface area contributed by atoms with E-state index in [1.165, 1.54) is 28.2 Å². The second-order valence-electron chi connectivity index (χ2n) is 5.60. The minimum absolute atomic E-state index is 0.124. The Balaban J connectivity index is 2.09. The van der Waals surface area contributed by atoms with Gasteiger partial charge >= 0.3 is 0 Å². The van der Waals surface area contributed by atoms with Crippen molar-refractivity contribution in [3.05, 3.63) is 47.0 Å². The number of carbonyl (C=O) groups is 2. The Kier molecular flexibility index (Phi) is 2.59. The van der Waals surface area contributed by atoms with E-state index >= 15 is 0 Å². The van der Waals surface area contributed by atoms with Gasteiger partial charge in [-0.2, -0.15) is 0 Å². The standard InChI is InChI=1S/C16H17NO2/c1-9-4-5-12-13(8-9)10(2)11(3)16(12)17-14(18)6-7-15(17)19/h4-8,10-11,16H,1-3H3/t10-,11-,16-/m0/s1. The van der Waals surface area contributed by atoms with Crippen molar-refractivity contribution < 1.29 is 9.59 Å². The van der Waals surface area contributed by atoms with Crippen LogP contribution in [0.25, 0.3) is 0 Å². The van der Waals surface area contributed by atoms with Gasteiger partial charge < -0.3 is 0 Å². The largest absolute Gasteiger partial charge is 0.269 e. The first kappa shape index (κ1) is 12.2. The number of fused-ring (bicyclic) bond motifs is 1. The molecule has 0 unspecified atom stereocenters. The predicted molar refractivity (Wildman–Crippen MR) is 72.5 cm³/mol. The fraction of sp³-hybridized carbons (Fsp3) is 0.375. The van der Waals surface area contributed by atoms with E-state index < -0.39 is 0 Å². The highest BCUT2D eigenvalue weighted by Gasteiger charge is 2.43.